The second-order valence-corrected chi connectivity index (χ2v) is 23.8. The summed E-state index contributed by atoms with van der Waals surface area (Å²) in [5.74, 6) is -3.35. The number of cyclic esters (lactones) is 4. The number of carbonyl (C=O) groups is 4. The zero-order chi connectivity index (χ0) is 64.4. The van der Waals surface area contributed by atoms with Gasteiger partial charge in [0.25, 0.3) is 0 Å². The Morgan fingerprint density at radius 1 is 0.359 bits per heavy atom. The number of aromatic amines is 1. The Kier molecular flexibility index (Phi) is 24.5. The Morgan fingerprint density at radius 2 is 0.641 bits per heavy atom. The van der Waals surface area contributed by atoms with Gasteiger partial charge >= 0.3 is 23.9 Å². The molecule has 0 unspecified atom stereocenters. The van der Waals surface area contributed by atoms with Crippen molar-refractivity contribution in [3.05, 3.63) is 188 Å². The molecule has 2 aromatic heterocycles. The fourth-order valence-corrected chi connectivity index (χ4v) is 11.9. The third kappa shape index (κ3) is 18.4. The van der Waals surface area contributed by atoms with Gasteiger partial charge in [0.15, 0.2) is 0 Å². The van der Waals surface area contributed by atoms with Gasteiger partial charge in [0, 0.05) is 50.2 Å². The number of aromatic nitrogens is 2. The Hall–Kier alpha value is -10.3. The number of aryl methyl sites for hydroxylation is 1. The fourth-order valence-electron chi connectivity index (χ4n) is 11.9. The van der Waals surface area contributed by atoms with Crippen LogP contribution in [0.1, 0.15) is 180 Å². The molecule has 0 fully saturated rings. The van der Waals surface area contributed by atoms with E-state index in [9.17, 15) is 40.2 Å². The first kappa shape index (κ1) is 66.1. The summed E-state index contributed by atoms with van der Waals surface area (Å²) in [6.45, 7) is 2.28. The molecule has 14 nitrogen and oxygen atoms in total. The molecule has 0 amide bonds. The Morgan fingerprint density at radius 3 is 0.946 bits per heavy atom. The highest BCUT2D eigenvalue weighted by Gasteiger charge is 2.19. The van der Waals surface area contributed by atoms with Crippen LogP contribution in [0.15, 0.2) is 144 Å². The lowest BCUT2D eigenvalue weighted by Crippen LogP contribution is -2.08. The van der Waals surface area contributed by atoms with Crippen LogP contribution in [0.4, 0.5) is 0 Å². The molecule has 1 aliphatic rings. The maximum atomic E-state index is 13.6. The number of hydrogen-bond donors (Lipinski definition) is 1. The van der Waals surface area contributed by atoms with Crippen molar-refractivity contribution in [2.75, 3.05) is 0 Å². The van der Waals surface area contributed by atoms with Gasteiger partial charge in [0.05, 0.1) is 0 Å². The highest BCUT2D eigenvalue weighted by Crippen LogP contribution is 2.34. The number of fused-ring (bicyclic) bond motifs is 8. The topological polar surface area (TPSA) is 221 Å². The third-order valence-corrected chi connectivity index (χ3v) is 16.9. The van der Waals surface area contributed by atoms with E-state index in [1.165, 1.54) is 133 Å². The van der Waals surface area contributed by atoms with E-state index in [2.05, 4.69) is 16.5 Å². The molecule has 0 spiro atoms. The minimum absolute atomic E-state index is 0.184. The van der Waals surface area contributed by atoms with Crippen molar-refractivity contribution in [3.8, 4) is 24.3 Å². The fraction of sp³-hybridized carbons (Fsp3) is 0.333. The predicted octanol–water partition coefficient (Wildman–Crippen LogP) is 18.2. The highest BCUT2D eigenvalue weighted by atomic mass is 16.5. The highest BCUT2D eigenvalue weighted by molar-refractivity contribution is 6.11. The molecular formula is C78H78N6O8. The monoisotopic (exact) mass is 1230 g/mol. The first-order valence-corrected chi connectivity index (χ1v) is 32.5. The molecule has 1 aliphatic heterocycles. The molecule has 6 aromatic carbocycles. The molecule has 12 bridgehead atoms. The molecule has 0 saturated heterocycles. The van der Waals surface area contributed by atoms with Crippen LogP contribution in [-0.4, -0.2) is 33.4 Å². The quantitative estimate of drug-likeness (QED) is 0.0403. The number of nitriles is 4. The summed E-state index contributed by atoms with van der Waals surface area (Å²) < 4.78 is 24.8. The third-order valence-electron chi connectivity index (χ3n) is 16.9. The number of ether oxygens (including phenoxy) is 4. The van der Waals surface area contributed by atoms with E-state index >= 15 is 0 Å². The van der Waals surface area contributed by atoms with Crippen molar-refractivity contribution < 1.29 is 38.1 Å². The van der Waals surface area contributed by atoms with Gasteiger partial charge in [-0.1, -0.05) is 190 Å². The number of nitrogens with one attached hydrogen (secondary N) is 1. The van der Waals surface area contributed by atoms with Crippen LogP contribution in [0.5, 0.6) is 0 Å². The van der Waals surface area contributed by atoms with Gasteiger partial charge in [-0.3, -0.25) is 0 Å². The molecule has 3 heterocycles. The molecule has 14 heteroatoms. The van der Waals surface area contributed by atoms with Crippen molar-refractivity contribution >= 4 is 91.8 Å². The molecule has 0 atom stereocenters. The molecule has 8 aromatic rings. The maximum absolute atomic E-state index is 13.6. The standard InChI is InChI=1S/C78H78N6O8/c1-2-3-4-5-6-7-8-9-10-11-12-13-14-15-16-17-18-19-20-21-36-84-73-34-30-57-41-65(49-81)77(87)91-53-61-26-22-24-59(37-61)51-89-75(85)63(47-79)39-55-28-32-71-67(43-55)68-44-56(29-33-72(68)83-71)40-64(48-80)76(86)90-52-60-25-23-27-62(38-60)54-92-78(88)66(50-82)42-58-31-35-74(84)70(46-58)69(73)45-57/h22-35,37-46,83H,2-21,36,51-54H2,1H3. The van der Waals surface area contributed by atoms with Gasteiger partial charge < -0.3 is 28.5 Å². The summed E-state index contributed by atoms with van der Waals surface area (Å²) in [5.41, 5.74) is 7.05. The van der Waals surface area contributed by atoms with Crippen LogP contribution in [0.25, 0.3) is 67.9 Å². The zero-order valence-electron chi connectivity index (χ0n) is 52.5. The van der Waals surface area contributed by atoms with E-state index in [1.54, 1.807) is 60.7 Å². The molecule has 92 heavy (non-hydrogen) atoms. The number of esters is 4. The SMILES string of the molecule is CCCCCCCCCCCCCCCCCCCCCCn1c2ccc3cc2c2cc(ccc21)C=C(C#N)C(=O)OCc1cccc(c1)COC(=O)C(C#N)=Cc1ccc2[nH]c4ccc(cc4c2c1)C=C(C#N)C(=O)OCc1cccc(c1)COC(=O)C(C#N)=C3. The van der Waals surface area contributed by atoms with Crippen molar-refractivity contribution in [3.63, 3.8) is 0 Å². The van der Waals surface area contributed by atoms with Crippen LogP contribution >= 0.6 is 0 Å². The average molecular weight is 1230 g/mol. The van der Waals surface area contributed by atoms with Gasteiger partial charge in [-0.25, -0.2) is 19.2 Å². The van der Waals surface area contributed by atoms with Crippen LogP contribution in [-0.2, 0) is 71.1 Å². The zero-order valence-corrected chi connectivity index (χ0v) is 52.5. The lowest BCUT2D eigenvalue weighted by Gasteiger charge is -2.09. The summed E-state index contributed by atoms with van der Waals surface area (Å²) in [7, 11) is 0. The van der Waals surface area contributed by atoms with Crippen LogP contribution in [0, 0.1) is 45.3 Å². The van der Waals surface area contributed by atoms with Crippen LogP contribution < -0.4 is 0 Å². The summed E-state index contributed by atoms with van der Waals surface area (Å²) >= 11 is 0. The number of carbonyl (C=O) groups excluding carboxylic acids is 4. The minimum Gasteiger partial charge on any atom is -0.457 e. The van der Waals surface area contributed by atoms with Gasteiger partial charge in [-0.05, 0) is 136 Å². The van der Waals surface area contributed by atoms with E-state index < -0.39 is 23.9 Å². The summed E-state index contributed by atoms with van der Waals surface area (Å²) in [6, 6.07) is 44.0. The normalized spacial score (nSPS) is 13.8. The number of unbranched alkanes of at least 4 members (excludes halogenated alkanes) is 19. The smallest absolute Gasteiger partial charge is 0.349 e. The average Bonchev–Trinajstić information content (AvgIpc) is 1.62. The molecule has 1 N–H and O–H groups in total. The first-order chi connectivity index (χ1) is 45.0. The van der Waals surface area contributed by atoms with Gasteiger partial charge in [-0.15, -0.1) is 0 Å². The number of hydrogen-bond acceptors (Lipinski definition) is 12. The van der Waals surface area contributed by atoms with Crippen molar-refractivity contribution in [1.82, 2.24) is 9.55 Å². The van der Waals surface area contributed by atoms with Crippen molar-refractivity contribution in [1.29, 1.82) is 21.0 Å². The Bertz CT molecular complexity index is 4030. The van der Waals surface area contributed by atoms with E-state index in [-0.39, 0.29) is 48.7 Å². The second kappa shape index (κ2) is 34.1. The van der Waals surface area contributed by atoms with E-state index in [0.29, 0.717) is 44.5 Å². The number of benzene rings is 6. The second-order valence-electron chi connectivity index (χ2n) is 23.8. The van der Waals surface area contributed by atoms with Gasteiger partial charge in [0.1, 0.15) is 73.0 Å². The Balaban J connectivity index is 0.911. The number of nitrogens with zero attached hydrogens (tertiary/aromatic N) is 5. The lowest BCUT2D eigenvalue weighted by molar-refractivity contribution is -0.140. The Labute approximate surface area is 538 Å². The van der Waals surface area contributed by atoms with Crippen molar-refractivity contribution in [2.45, 2.75) is 168 Å². The molecular weight excluding hydrogens is 1150 g/mol. The van der Waals surface area contributed by atoms with Gasteiger partial charge in [0.2, 0.25) is 0 Å². The molecule has 0 saturated carbocycles. The van der Waals surface area contributed by atoms with E-state index in [4.69, 9.17) is 18.9 Å². The molecule has 0 aliphatic carbocycles. The summed E-state index contributed by atoms with van der Waals surface area (Å²) in [4.78, 5) is 57.3. The molecule has 9 rings (SSSR count). The maximum Gasteiger partial charge on any atom is 0.349 e. The minimum atomic E-state index is -0.845. The number of H-pyrrole nitrogens is 1. The first-order valence-electron chi connectivity index (χ1n) is 32.5. The van der Waals surface area contributed by atoms with Crippen LogP contribution in [0.3, 0.4) is 0 Å². The summed E-state index contributed by atoms with van der Waals surface area (Å²) in [6.07, 6.45) is 31.9. The molecule has 0 radical (unpaired) electrons. The van der Waals surface area contributed by atoms with E-state index in [0.717, 1.165) is 69.4 Å². The lowest BCUT2D eigenvalue weighted by atomic mass is 10.0. The predicted molar refractivity (Wildman–Crippen MR) is 360 cm³/mol. The largest absolute Gasteiger partial charge is 0.457 e. The van der Waals surface area contributed by atoms with Crippen molar-refractivity contribution in [2.24, 2.45) is 0 Å². The van der Waals surface area contributed by atoms with Gasteiger partial charge in [-0.2, -0.15) is 21.0 Å². The number of rotatable bonds is 21. The molecule has 468 valence electrons. The summed E-state index contributed by atoms with van der Waals surface area (Å²) in [5, 5.41) is 44.0. The van der Waals surface area contributed by atoms with E-state index in [1.807, 2.05) is 84.9 Å². The van der Waals surface area contributed by atoms with Crippen LogP contribution in [0.2, 0.25) is 0 Å².